The third-order valence-electron chi connectivity index (χ3n) is 7.74. The Balaban J connectivity index is 1.84. The van der Waals surface area contributed by atoms with Crippen LogP contribution in [0.5, 0.6) is 11.5 Å². The van der Waals surface area contributed by atoms with Gasteiger partial charge in [-0.05, 0) is 60.4 Å². The Kier molecular flexibility index (Phi) is 12.5. The lowest BCUT2D eigenvalue weighted by atomic mass is 10.0. The number of nitrogens with one attached hydrogen (secondary N) is 1. The van der Waals surface area contributed by atoms with Crippen molar-refractivity contribution in [2.75, 3.05) is 31.6 Å². The second-order valence-corrected chi connectivity index (χ2v) is 14.2. The van der Waals surface area contributed by atoms with Crippen LogP contribution in [0.4, 0.5) is 5.69 Å². The largest absolute Gasteiger partial charge is 0.493 e. The molecule has 0 unspecified atom stereocenters. The molecule has 4 aromatic rings. The van der Waals surface area contributed by atoms with Crippen LogP contribution in [-0.4, -0.2) is 58.5 Å². The van der Waals surface area contributed by atoms with Gasteiger partial charge in [-0.3, -0.25) is 13.9 Å². The molecule has 254 valence electrons. The third-order valence-corrected chi connectivity index (χ3v) is 9.76. The minimum Gasteiger partial charge on any atom is -0.493 e. The highest BCUT2D eigenvalue weighted by Crippen LogP contribution is 2.34. The van der Waals surface area contributed by atoms with Crippen molar-refractivity contribution in [1.29, 1.82) is 0 Å². The van der Waals surface area contributed by atoms with E-state index in [4.69, 9.17) is 21.1 Å². The van der Waals surface area contributed by atoms with E-state index in [1.807, 2.05) is 57.2 Å². The van der Waals surface area contributed by atoms with Crippen LogP contribution in [-0.2, 0) is 32.6 Å². The molecule has 0 bridgehead atoms. The molecule has 0 fully saturated rings. The zero-order valence-corrected chi connectivity index (χ0v) is 29.4. The number of hydrogen-bond acceptors (Lipinski definition) is 6. The Morgan fingerprint density at radius 2 is 1.50 bits per heavy atom. The van der Waals surface area contributed by atoms with E-state index in [1.54, 1.807) is 42.5 Å². The molecule has 4 aromatic carbocycles. The molecule has 11 heteroatoms. The summed E-state index contributed by atoms with van der Waals surface area (Å²) in [6, 6.07) is 26.5. The van der Waals surface area contributed by atoms with E-state index in [1.165, 1.54) is 37.3 Å². The Labute approximate surface area is 288 Å². The van der Waals surface area contributed by atoms with Crippen LogP contribution in [0.1, 0.15) is 30.5 Å². The second kappa shape index (κ2) is 16.5. The maximum atomic E-state index is 14.7. The number of methoxy groups -OCH3 is 2. The number of rotatable bonds is 15. The number of anilines is 1. The van der Waals surface area contributed by atoms with Crippen LogP contribution in [0.15, 0.2) is 102 Å². The summed E-state index contributed by atoms with van der Waals surface area (Å²) in [6.45, 7) is 5.64. The fourth-order valence-electron chi connectivity index (χ4n) is 5.15. The van der Waals surface area contributed by atoms with Crippen molar-refractivity contribution < 1.29 is 27.5 Å². The highest BCUT2D eigenvalue weighted by Gasteiger charge is 2.35. The van der Waals surface area contributed by atoms with E-state index < -0.39 is 28.5 Å². The quantitative estimate of drug-likeness (QED) is 0.158. The van der Waals surface area contributed by atoms with E-state index in [0.29, 0.717) is 22.9 Å². The van der Waals surface area contributed by atoms with Crippen molar-refractivity contribution in [3.8, 4) is 11.5 Å². The molecule has 48 heavy (non-hydrogen) atoms. The molecule has 1 N–H and O–H groups in total. The summed E-state index contributed by atoms with van der Waals surface area (Å²) in [5, 5.41) is 3.46. The normalized spacial score (nSPS) is 11.9. The number of amides is 2. The topological polar surface area (TPSA) is 105 Å². The molecule has 4 rings (SSSR count). The van der Waals surface area contributed by atoms with Crippen LogP contribution in [0, 0.1) is 12.8 Å². The highest BCUT2D eigenvalue weighted by molar-refractivity contribution is 7.92. The predicted octanol–water partition coefficient (Wildman–Crippen LogP) is 6.27. The minimum atomic E-state index is -4.28. The first-order valence-electron chi connectivity index (χ1n) is 15.6. The molecular formula is C37H42ClN3O6S. The lowest BCUT2D eigenvalue weighted by Crippen LogP contribution is -2.53. The van der Waals surface area contributed by atoms with E-state index in [9.17, 15) is 18.0 Å². The molecule has 0 spiro atoms. The van der Waals surface area contributed by atoms with E-state index >= 15 is 0 Å². The van der Waals surface area contributed by atoms with E-state index in [0.717, 1.165) is 15.4 Å². The average molecular weight is 692 g/mol. The maximum absolute atomic E-state index is 14.7. The molecule has 0 heterocycles. The second-order valence-electron chi connectivity index (χ2n) is 11.9. The lowest BCUT2D eigenvalue weighted by Gasteiger charge is -2.34. The van der Waals surface area contributed by atoms with Gasteiger partial charge in [0.25, 0.3) is 10.0 Å². The van der Waals surface area contributed by atoms with Crippen LogP contribution in [0.3, 0.4) is 0 Å². The number of benzene rings is 4. The Morgan fingerprint density at radius 3 is 2.12 bits per heavy atom. The van der Waals surface area contributed by atoms with Gasteiger partial charge in [-0.15, -0.1) is 0 Å². The number of carbonyl (C=O) groups is 2. The number of nitrogens with zero attached hydrogens (tertiary/aromatic N) is 2. The predicted molar refractivity (Wildman–Crippen MR) is 189 cm³/mol. The van der Waals surface area contributed by atoms with Gasteiger partial charge >= 0.3 is 0 Å². The van der Waals surface area contributed by atoms with Gasteiger partial charge in [-0.2, -0.15) is 0 Å². The molecule has 0 aliphatic heterocycles. The van der Waals surface area contributed by atoms with Gasteiger partial charge in [-0.25, -0.2) is 8.42 Å². The van der Waals surface area contributed by atoms with Crippen LogP contribution in [0.25, 0.3) is 0 Å². The number of carbonyl (C=O) groups excluding carboxylic acids is 2. The third kappa shape index (κ3) is 9.29. The number of ether oxygens (including phenoxy) is 2. The number of hydrogen-bond donors (Lipinski definition) is 1. The van der Waals surface area contributed by atoms with Crippen LogP contribution in [0.2, 0.25) is 5.02 Å². The number of sulfonamides is 1. The zero-order valence-electron chi connectivity index (χ0n) is 27.9. The number of halogens is 1. The van der Waals surface area contributed by atoms with Gasteiger partial charge in [-0.1, -0.05) is 85.6 Å². The van der Waals surface area contributed by atoms with E-state index in [2.05, 4.69) is 5.32 Å². The van der Waals surface area contributed by atoms with Crippen LogP contribution < -0.4 is 19.1 Å². The molecule has 0 aliphatic carbocycles. The average Bonchev–Trinajstić information content (AvgIpc) is 3.07. The van der Waals surface area contributed by atoms with Crippen molar-refractivity contribution in [3.63, 3.8) is 0 Å². The van der Waals surface area contributed by atoms with Crippen molar-refractivity contribution in [3.05, 3.63) is 119 Å². The van der Waals surface area contributed by atoms with Gasteiger partial charge in [0.2, 0.25) is 11.8 Å². The highest BCUT2D eigenvalue weighted by atomic mass is 35.5. The first kappa shape index (κ1) is 36.3. The molecular weight excluding hydrogens is 650 g/mol. The van der Waals surface area contributed by atoms with Crippen molar-refractivity contribution in [1.82, 2.24) is 10.2 Å². The first-order valence-corrected chi connectivity index (χ1v) is 17.4. The SMILES string of the molecule is COc1ccc(N(CC(=O)N(Cc2cccc(Cl)c2)[C@@H](Cc2ccccc2)C(=O)NCC(C)C)S(=O)(=O)c2ccc(C)cc2)cc1OC. The molecule has 0 aromatic heterocycles. The Hall–Kier alpha value is -4.54. The minimum absolute atomic E-state index is 0.00703. The number of aryl methyl sites for hydroxylation is 1. The summed E-state index contributed by atoms with van der Waals surface area (Å²) in [7, 11) is -1.36. The summed E-state index contributed by atoms with van der Waals surface area (Å²) < 4.78 is 40.5. The summed E-state index contributed by atoms with van der Waals surface area (Å²) in [5.74, 6) is -0.0726. The van der Waals surface area contributed by atoms with Crippen molar-refractivity contribution in [2.45, 2.75) is 44.7 Å². The first-order chi connectivity index (χ1) is 22.9. The van der Waals surface area contributed by atoms with Crippen molar-refractivity contribution in [2.24, 2.45) is 5.92 Å². The summed E-state index contributed by atoms with van der Waals surface area (Å²) in [4.78, 5) is 30.0. The monoisotopic (exact) mass is 691 g/mol. The summed E-state index contributed by atoms with van der Waals surface area (Å²) in [5.41, 5.74) is 2.60. The van der Waals surface area contributed by atoms with Gasteiger partial charge < -0.3 is 19.7 Å². The van der Waals surface area contributed by atoms with Crippen LogP contribution >= 0.6 is 11.6 Å². The van der Waals surface area contributed by atoms with Gasteiger partial charge in [0.05, 0.1) is 24.8 Å². The lowest BCUT2D eigenvalue weighted by molar-refractivity contribution is -0.140. The summed E-state index contributed by atoms with van der Waals surface area (Å²) in [6.07, 6.45) is 0.206. The molecule has 0 saturated heterocycles. The zero-order chi connectivity index (χ0) is 34.8. The maximum Gasteiger partial charge on any atom is 0.264 e. The van der Waals surface area contributed by atoms with Gasteiger partial charge in [0.1, 0.15) is 12.6 Å². The fourth-order valence-corrected chi connectivity index (χ4v) is 6.77. The molecule has 0 radical (unpaired) electrons. The van der Waals surface area contributed by atoms with Crippen molar-refractivity contribution >= 4 is 39.1 Å². The standard InChI is InChI=1S/C37H42ClN3O6S/c1-26(2)23-39-37(43)33(21-28-10-7-6-8-11-28)40(24-29-12-9-13-30(38)20-29)36(42)25-41(31-16-19-34(46-4)35(22-31)47-5)48(44,45)32-17-14-27(3)15-18-32/h6-20,22,26,33H,21,23-25H2,1-5H3,(H,39,43)/t33-/m0/s1. The molecule has 1 atom stereocenters. The fraction of sp³-hybridized carbons (Fsp3) is 0.297. The van der Waals surface area contributed by atoms with Gasteiger partial charge in [0, 0.05) is 30.6 Å². The molecule has 9 nitrogen and oxygen atoms in total. The molecule has 0 saturated carbocycles. The molecule has 2 amide bonds. The summed E-state index contributed by atoms with van der Waals surface area (Å²) >= 11 is 6.33. The Bertz CT molecular complexity index is 1800. The van der Waals surface area contributed by atoms with E-state index in [-0.39, 0.29) is 41.1 Å². The molecule has 0 aliphatic rings. The Morgan fingerprint density at radius 1 is 0.833 bits per heavy atom. The smallest absolute Gasteiger partial charge is 0.264 e. The van der Waals surface area contributed by atoms with Gasteiger partial charge in [0.15, 0.2) is 11.5 Å².